The van der Waals surface area contributed by atoms with E-state index in [0.29, 0.717) is 40.3 Å². The van der Waals surface area contributed by atoms with Crippen molar-refractivity contribution in [3.63, 3.8) is 0 Å². The Labute approximate surface area is 221 Å². The van der Waals surface area contributed by atoms with Crippen LogP contribution in [0.3, 0.4) is 0 Å². The molecule has 4 aromatic rings. The summed E-state index contributed by atoms with van der Waals surface area (Å²) in [4.78, 5) is 19.2. The van der Waals surface area contributed by atoms with E-state index >= 15 is 0 Å². The first-order valence-corrected chi connectivity index (χ1v) is 13.6. The summed E-state index contributed by atoms with van der Waals surface area (Å²) in [6, 6.07) is 12.3. The van der Waals surface area contributed by atoms with Gasteiger partial charge in [0, 0.05) is 28.3 Å². The SMILES string of the molecule is Cc1onc(NS(=O)(=O)c2ccccc2-c2ccc(-c3ncco3)cc2CN2C=CCC(C)(C)C2=O)c1C. The Kier molecular flexibility index (Phi) is 6.44. The predicted octanol–water partition coefficient (Wildman–Crippen LogP) is 5.69. The molecule has 10 heteroatoms. The van der Waals surface area contributed by atoms with Gasteiger partial charge in [0.2, 0.25) is 11.8 Å². The van der Waals surface area contributed by atoms with E-state index in [4.69, 9.17) is 8.94 Å². The molecule has 2 aromatic heterocycles. The van der Waals surface area contributed by atoms with Crippen molar-refractivity contribution in [3.05, 3.63) is 84.1 Å². The molecule has 0 saturated heterocycles. The monoisotopic (exact) mass is 532 g/mol. The van der Waals surface area contributed by atoms with E-state index in [1.807, 2.05) is 38.1 Å². The van der Waals surface area contributed by atoms with Crippen LogP contribution in [-0.4, -0.2) is 29.4 Å². The Morgan fingerprint density at radius 1 is 1.11 bits per heavy atom. The molecule has 196 valence electrons. The molecular weight excluding hydrogens is 504 g/mol. The average molecular weight is 533 g/mol. The molecule has 9 nitrogen and oxygen atoms in total. The maximum Gasteiger partial charge on any atom is 0.263 e. The third kappa shape index (κ3) is 4.74. The van der Waals surface area contributed by atoms with Crippen LogP contribution in [0.25, 0.3) is 22.6 Å². The number of aromatic nitrogens is 2. The van der Waals surface area contributed by atoms with Gasteiger partial charge in [-0.15, -0.1) is 0 Å². The molecule has 3 heterocycles. The van der Waals surface area contributed by atoms with E-state index in [0.717, 1.165) is 5.56 Å². The minimum atomic E-state index is -4.03. The number of aryl methyl sites for hydroxylation is 1. The number of rotatable bonds is 7. The van der Waals surface area contributed by atoms with Gasteiger partial charge >= 0.3 is 0 Å². The summed E-state index contributed by atoms with van der Waals surface area (Å²) in [5, 5.41) is 3.85. The molecular formula is C28H28N4O5S. The fourth-order valence-corrected chi connectivity index (χ4v) is 5.71. The third-order valence-electron chi connectivity index (χ3n) is 6.73. The predicted molar refractivity (Wildman–Crippen MR) is 142 cm³/mol. The number of carbonyl (C=O) groups excluding carboxylic acids is 1. The number of sulfonamides is 1. The third-order valence-corrected chi connectivity index (χ3v) is 8.13. The number of hydrogen-bond acceptors (Lipinski definition) is 7. The molecule has 0 radical (unpaired) electrons. The van der Waals surface area contributed by atoms with Gasteiger partial charge in [-0.2, -0.15) is 0 Å². The highest BCUT2D eigenvalue weighted by Crippen LogP contribution is 2.36. The van der Waals surface area contributed by atoms with Gasteiger partial charge in [0.05, 0.1) is 17.6 Å². The van der Waals surface area contributed by atoms with Gasteiger partial charge in [-0.25, -0.2) is 13.4 Å². The summed E-state index contributed by atoms with van der Waals surface area (Å²) in [6.07, 6.45) is 7.46. The zero-order valence-corrected chi connectivity index (χ0v) is 22.4. The van der Waals surface area contributed by atoms with Crippen LogP contribution in [0.1, 0.15) is 37.2 Å². The summed E-state index contributed by atoms with van der Waals surface area (Å²) in [7, 11) is -4.03. The number of benzene rings is 2. The Morgan fingerprint density at radius 2 is 1.89 bits per heavy atom. The van der Waals surface area contributed by atoms with Crippen molar-refractivity contribution in [1.29, 1.82) is 0 Å². The Hall–Kier alpha value is -4.18. The van der Waals surface area contributed by atoms with Crippen molar-refractivity contribution in [2.45, 2.75) is 45.6 Å². The van der Waals surface area contributed by atoms with E-state index in [1.165, 1.54) is 6.26 Å². The lowest BCUT2D eigenvalue weighted by atomic mass is 9.85. The molecule has 1 aliphatic rings. The first kappa shape index (κ1) is 25.5. The van der Waals surface area contributed by atoms with Gasteiger partial charge < -0.3 is 13.8 Å². The van der Waals surface area contributed by atoms with E-state index in [1.54, 1.807) is 55.4 Å². The van der Waals surface area contributed by atoms with Crippen LogP contribution in [0, 0.1) is 19.3 Å². The second-order valence-electron chi connectivity index (χ2n) is 9.93. The lowest BCUT2D eigenvalue weighted by molar-refractivity contribution is -0.138. The van der Waals surface area contributed by atoms with Crippen molar-refractivity contribution in [2.75, 3.05) is 4.72 Å². The van der Waals surface area contributed by atoms with Crippen molar-refractivity contribution in [1.82, 2.24) is 15.0 Å². The number of nitrogens with one attached hydrogen (secondary N) is 1. The second-order valence-corrected chi connectivity index (χ2v) is 11.6. The van der Waals surface area contributed by atoms with Crippen LogP contribution in [0.15, 0.2) is 81.0 Å². The standard InChI is InChI=1S/C28H28N4O5S/c1-18-19(2)37-30-25(18)31-38(34,35)24-9-6-5-8-23(24)22-11-10-20(26-29-13-15-36-26)16-21(22)17-32-14-7-12-28(3,4)27(32)33/h5-11,13-16H,12,17H2,1-4H3,(H,30,31). The van der Waals surface area contributed by atoms with E-state index in [2.05, 4.69) is 14.9 Å². The topological polar surface area (TPSA) is 119 Å². The van der Waals surface area contributed by atoms with Crippen LogP contribution >= 0.6 is 0 Å². The Balaban J connectivity index is 1.61. The Bertz CT molecular complexity index is 1640. The molecule has 2 aromatic carbocycles. The van der Waals surface area contributed by atoms with Crippen LogP contribution < -0.4 is 4.72 Å². The average Bonchev–Trinajstić information content (AvgIpc) is 3.53. The van der Waals surface area contributed by atoms with Gasteiger partial charge in [-0.1, -0.05) is 49.3 Å². The maximum absolute atomic E-state index is 13.6. The lowest BCUT2D eigenvalue weighted by Crippen LogP contribution is -2.39. The van der Waals surface area contributed by atoms with E-state index < -0.39 is 15.4 Å². The quantitative estimate of drug-likeness (QED) is 0.325. The zero-order chi connectivity index (χ0) is 27.1. The van der Waals surface area contributed by atoms with Gasteiger partial charge in [0.25, 0.3) is 10.0 Å². The molecule has 0 aliphatic carbocycles. The molecule has 1 aliphatic heterocycles. The molecule has 0 unspecified atom stereocenters. The second kappa shape index (κ2) is 9.60. The van der Waals surface area contributed by atoms with Crippen molar-refractivity contribution >= 4 is 21.7 Å². The van der Waals surface area contributed by atoms with Crippen LogP contribution in [0.2, 0.25) is 0 Å². The summed E-state index contributed by atoms with van der Waals surface area (Å²) in [5.41, 5.74) is 2.69. The highest BCUT2D eigenvalue weighted by molar-refractivity contribution is 7.92. The number of nitrogens with zero attached hydrogens (tertiary/aromatic N) is 3. The molecule has 0 atom stereocenters. The lowest BCUT2D eigenvalue weighted by Gasteiger charge is -2.33. The minimum absolute atomic E-state index is 0.00747. The van der Waals surface area contributed by atoms with Crippen LogP contribution in [0.4, 0.5) is 5.82 Å². The molecule has 0 bridgehead atoms. The minimum Gasteiger partial charge on any atom is -0.445 e. The summed E-state index contributed by atoms with van der Waals surface area (Å²) in [5.74, 6) is 1.09. The summed E-state index contributed by atoms with van der Waals surface area (Å²) in [6.45, 7) is 7.52. The number of anilines is 1. The molecule has 38 heavy (non-hydrogen) atoms. The zero-order valence-electron chi connectivity index (χ0n) is 21.6. The van der Waals surface area contributed by atoms with E-state index in [-0.39, 0.29) is 23.2 Å². The van der Waals surface area contributed by atoms with E-state index in [9.17, 15) is 13.2 Å². The van der Waals surface area contributed by atoms with Gasteiger partial charge in [-0.05, 0) is 49.6 Å². The summed E-state index contributed by atoms with van der Waals surface area (Å²) < 4.78 is 40.3. The van der Waals surface area contributed by atoms with Crippen molar-refractivity contribution < 1.29 is 22.2 Å². The smallest absolute Gasteiger partial charge is 0.263 e. The first-order valence-electron chi connectivity index (χ1n) is 12.1. The molecule has 0 saturated carbocycles. The van der Waals surface area contributed by atoms with Crippen LogP contribution in [0.5, 0.6) is 0 Å². The number of amides is 1. The first-order chi connectivity index (χ1) is 18.1. The number of allylic oxidation sites excluding steroid dienone is 1. The van der Waals surface area contributed by atoms with Crippen molar-refractivity contribution in [2.24, 2.45) is 5.41 Å². The maximum atomic E-state index is 13.6. The number of hydrogen-bond donors (Lipinski definition) is 1. The normalized spacial score (nSPS) is 15.2. The van der Waals surface area contributed by atoms with Crippen molar-refractivity contribution in [3.8, 4) is 22.6 Å². The fraction of sp³-hybridized carbons (Fsp3) is 0.250. The molecule has 1 N–H and O–H groups in total. The number of oxazole rings is 1. The number of carbonyl (C=O) groups is 1. The molecule has 0 fully saturated rings. The molecule has 1 amide bonds. The molecule has 5 rings (SSSR count). The van der Waals surface area contributed by atoms with Gasteiger partial charge in [0.15, 0.2) is 5.82 Å². The van der Waals surface area contributed by atoms with Gasteiger partial charge in [0.1, 0.15) is 12.0 Å². The largest absolute Gasteiger partial charge is 0.445 e. The summed E-state index contributed by atoms with van der Waals surface area (Å²) >= 11 is 0. The molecule has 0 spiro atoms. The van der Waals surface area contributed by atoms with Crippen LogP contribution in [-0.2, 0) is 21.4 Å². The highest BCUT2D eigenvalue weighted by atomic mass is 32.2. The highest BCUT2D eigenvalue weighted by Gasteiger charge is 2.33. The van der Waals surface area contributed by atoms with Gasteiger partial charge in [-0.3, -0.25) is 9.52 Å². The fourth-order valence-electron chi connectivity index (χ4n) is 4.43. The Morgan fingerprint density at radius 3 is 2.61 bits per heavy atom.